The van der Waals surface area contributed by atoms with E-state index in [4.69, 9.17) is 11.6 Å². The van der Waals surface area contributed by atoms with E-state index in [1.54, 1.807) is 36.9 Å². The number of hydrogen-bond acceptors (Lipinski definition) is 4. The molecular weight excluding hydrogens is 438 g/mol. The third kappa shape index (κ3) is 4.92. The van der Waals surface area contributed by atoms with Gasteiger partial charge in [-0.3, -0.25) is 9.59 Å². The fraction of sp³-hybridized carbons (Fsp3) is 0.364. The van der Waals surface area contributed by atoms with Gasteiger partial charge in [-0.05, 0) is 48.9 Å². The SMILES string of the molecule is CCN(CC)S(=O)(=O)c1ccc(NC(=O)C2CC(=O)N(c3ccc(C)c(Cl)c3)C2)cc1. The first kappa shape index (κ1) is 23.2. The summed E-state index contributed by atoms with van der Waals surface area (Å²) in [6.07, 6.45) is 0.103. The number of nitrogens with zero attached hydrogens (tertiary/aromatic N) is 2. The van der Waals surface area contributed by atoms with E-state index in [2.05, 4.69) is 5.32 Å². The fourth-order valence-electron chi connectivity index (χ4n) is 3.55. The van der Waals surface area contributed by atoms with Crippen LogP contribution in [0.15, 0.2) is 47.4 Å². The van der Waals surface area contributed by atoms with E-state index in [-0.39, 0.29) is 29.7 Å². The number of halogens is 1. The molecule has 3 rings (SSSR count). The number of anilines is 2. The van der Waals surface area contributed by atoms with E-state index in [1.165, 1.54) is 16.4 Å². The van der Waals surface area contributed by atoms with Crippen molar-refractivity contribution in [3.8, 4) is 0 Å². The maximum atomic E-state index is 12.7. The highest BCUT2D eigenvalue weighted by Crippen LogP contribution is 2.29. The summed E-state index contributed by atoms with van der Waals surface area (Å²) < 4.78 is 26.5. The Balaban J connectivity index is 1.68. The largest absolute Gasteiger partial charge is 0.326 e. The van der Waals surface area contributed by atoms with Gasteiger partial charge in [0.15, 0.2) is 0 Å². The van der Waals surface area contributed by atoms with Crippen molar-refractivity contribution < 1.29 is 18.0 Å². The van der Waals surface area contributed by atoms with Crippen LogP contribution >= 0.6 is 11.6 Å². The lowest BCUT2D eigenvalue weighted by atomic mass is 10.1. The minimum absolute atomic E-state index is 0.103. The van der Waals surface area contributed by atoms with Crippen LogP contribution in [-0.2, 0) is 19.6 Å². The van der Waals surface area contributed by atoms with Crippen molar-refractivity contribution >= 4 is 44.8 Å². The van der Waals surface area contributed by atoms with Crippen molar-refractivity contribution in [3.63, 3.8) is 0 Å². The topological polar surface area (TPSA) is 86.8 Å². The van der Waals surface area contributed by atoms with Crippen molar-refractivity contribution in [1.29, 1.82) is 0 Å². The molecule has 1 atom stereocenters. The summed E-state index contributed by atoms with van der Waals surface area (Å²) in [4.78, 5) is 26.9. The van der Waals surface area contributed by atoms with Crippen LogP contribution in [0.5, 0.6) is 0 Å². The molecule has 1 unspecified atom stereocenters. The quantitative estimate of drug-likeness (QED) is 0.678. The van der Waals surface area contributed by atoms with Crippen LogP contribution in [-0.4, -0.2) is 44.2 Å². The molecule has 2 aromatic carbocycles. The zero-order valence-electron chi connectivity index (χ0n) is 17.8. The molecule has 0 spiro atoms. The van der Waals surface area contributed by atoms with Gasteiger partial charge in [-0.25, -0.2) is 8.42 Å². The van der Waals surface area contributed by atoms with Crippen LogP contribution in [0, 0.1) is 12.8 Å². The second-order valence-corrected chi connectivity index (χ2v) is 9.79. The van der Waals surface area contributed by atoms with Gasteiger partial charge >= 0.3 is 0 Å². The van der Waals surface area contributed by atoms with Crippen LogP contribution < -0.4 is 10.2 Å². The number of sulfonamides is 1. The lowest BCUT2D eigenvalue weighted by molar-refractivity contribution is -0.122. The average molecular weight is 464 g/mol. The highest BCUT2D eigenvalue weighted by molar-refractivity contribution is 7.89. The summed E-state index contributed by atoms with van der Waals surface area (Å²) in [6.45, 7) is 6.48. The summed E-state index contributed by atoms with van der Waals surface area (Å²) in [5.74, 6) is -0.930. The Hall–Kier alpha value is -2.42. The van der Waals surface area contributed by atoms with E-state index < -0.39 is 15.9 Å². The predicted octanol–water partition coefficient (Wildman–Crippen LogP) is 3.67. The van der Waals surface area contributed by atoms with Gasteiger partial charge in [0.25, 0.3) is 0 Å². The number of carbonyl (C=O) groups excluding carboxylic acids is 2. The van der Waals surface area contributed by atoms with Crippen LogP contribution in [0.25, 0.3) is 0 Å². The van der Waals surface area contributed by atoms with Crippen LogP contribution in [0.1, 0.15) is 25.8 Å². The monoisotopic (exact) mass is 463 g/mol. The normalized spacial score (nSPS) is 16.7. The smallest absolute Gasteiger partial charge is 0.243 e. The van der Waals surface area contributed by atoms with E-state index in [0.29, 0.717) is 29.5 Å². The Kier molecular flexibility index (Phi) is 7.03. The molecule has 2 aromatic rings. The predicted molar refractivity (Wildman–Crippen MR) is 122 cm³/mol. The van der Waals surface area contributed by atoms with E-state index in [9.17, 15) is 18.0 Å². The number of amides is 2. The third-order valence-corrected chi connectivity index (χ3v) is 7.90. The van der Waals surface area contributed by atoms with Crippen LogP contribution in [0.2, 0.25) is 5.02 Å². The highest BCUT2D eigenvalue weighted by Gasteiger charge is 2.35. The van der Waals surface area contributed by atoms with Gasteiger partial charge in [0, 0.05) is 42.5 Å². The molecule has 1 saturated heterocycles. The molecule has 1 aliphatic rings. The van der Waals surface area contributed by atoms with E-state index >= 15 is 0 Å². The van der Waals surface area contributed by atoms with Gasteiger partial charge in [-0.15, -0.1) is 0 Å². The van der Waals surface area contributed by atoms with Crippen molar-refractivity contribution in [1.82, 2.24) is 4.31 Å². The van der Waals surface area contributed by atoms with Gasteiger partial charge in [0.2, 0.25) is 21.8 Å². The Morgan fingerprint density at radius 1 is 1.16 bits per heavy atom. The number of carbonyl (C=O) groups is 2. The molecule has 0 aliphatic carbocycles. The Morgan fingerprint density at radius 2 is 1.81 bits per heavy atom. The molecule has 1 N–H and O–H groups in total. The second-order valence-electron chi connectivity index (χ2n) is 7.44. The van der Waals surface area contributed by atoms with Crippen LogP contribution in [0.4, 0.5) is 11.4 Å². The first-order valence-electron chi connectivity index (χ1n) is 10.1. The minimum Gasteiger partial charge on any atom is -0.326 e. The maximum Gasteiger partial charge on any atom is 0.243 e. The average Bonchev–Trinajstić information content (AvgIpc) is 3.13. The van der Waals surface area contributed by atoms with Gasteiger partial charge in [-0.1, -0.05) is 31.5 Å². The van der Waals surface area contributed by atoms with Gasteiger partial charge in [0.1, 0.15) is 0 Å². The second kappa shape index (κ2) is 9.38. The summed E-state index contributed by atoms with van der Waals surface area (Å²) in [5, 5.41) is 3.35. The van der Waals surface area contributed by atoms with Crippen molar-refractivity contribution in [3.05, 3.63) is 53.1 Å². The molecule has 31 heavy (non-hydrogen) atoms. The summed E-state index contributed by atoms with van der Waals surface area (Å²) >= 11 is 6.17. The zero-order valence-corrected chi connectivity index (χ0v) is 19.3. The molecule has 9 heteroatoms. The molecule has 0 saturated carbocycles. The van der Waals surface area contributed by atoms with E-state index in [0.717, 1.165) is 5.56 Å². The van der Waals surface area contributed by atoms with Gasteiger partial charge < -0.3 is 10.2 Å². The summed E-state index contributed by atoms with van der Waals surface area (Å²) in [5.41, 5.74) is 2.06. The summed E-state index contributed by atoms with van der Waals surface area (Å²) in [7, 11) is -3.56. The van der Waals surface area contributed by atoms with Crippen molar-refractivity contribution in [2.24, 2.45) is 5.92 Å². The molecule has 2 amide bonds. The molecule has 166 valence electrons. The van der Waals surface area contributed by atoms with Crippen molar-refractivity contribution in [2.45, 2.75) is 32.1 Å². The Labute approximate surface area is 188 Å². The van der Waals surface area contributed by atoms with E-state index in [1.807, 2.05) is 19.1 Å². The molecule has 1 aliphatic heterocycles. The standard InChI is InChI=1S/C22H26ClN3O4S/c1-4-25(5-2)31(29,30)19-10-7-17(8-11-19)24-22(28)16-12-21(27)26(14-16)18-9-6-15(3)20(23)13-18/h6-11,13,16H,4-5,12,14H2,1-3H3,(H,24,28). The summed E-state index contributed by atoms with van der Waals surface area (Å²) in [6, 6.07) is 11.4. The maximum absolute atomic E-state index is 12.7. The van der Waals surface area contributed by atoms with Gasteiger partial charge in [0.05, 0.1) is 10.8 Å². The molecule has 1 heterocycles. The van der Waals surface area contributed by atoms with Gasteiger partial charge in [-0.2, -0.15) is 4.31 Å². The highest BCUT2D eigenvalue weighted by atomic mass is 35.5. The fourth-order valence-corrected chi connectivity index (χ4v) is 5.18. The first-order valence-corrected chi connectivity index (χ1v) is 12.0. The number of nitrogens with one attached hydrogen (secondary N) is 1. The Morgan fingerprint density at radius 3 is 2.39 bits per heavy atom. The molecule has 0 bridgehead atoms. The molecule has 7 nitrogen and oxygen atoms in total. The Bertz CT molecular complexity index is 1080. The van der Waals surface area contributed by atoms with Crippen molar-refractivity contribution in [2.75, 3.05) is 29.9 Å². The number of benzene rings is 2. The number of aryl methyl sites for hydroxylation is 1. The first-order chi connectivity index (χ1) is 14.7. The molecule has 0 radical (unpaired) electrons. The third-order valence-electron chi connectivity index (χ3n) is 5.43. The van der Waals surface area contributed by atoms with Crippen LogP contribution in [0.3, 0.4) is 0 Å². The number of hydrogen-bond donors (Lipinski definition) is 1. The number of rotatable bonds is 7. The zero-order chi connectivity index (χ0) is 22.8. The minimum atomic E-state index is -3.56. The lowest BCUT2D eigenvalue weighted by Crippen LogP contribution is -2.30. The molecule has 0 aromatic heterocycles. The molecule has 1 fully saturated rings. The lowest BCUT2D eigenvalue weighted by Gasteiger charge is -2.19. The molecular formula is C22H26ClN3O4S.